The van der Waals surface area contributed by atoms with Gasteiger partial charge in [-0.15, -0.1) is 0 Å². The number of aliphatic hydroxyl groups is 1. The Labute approximate surface area is 126 Å². The third-order valence-corrected chi connectivity index (χ3v) is 4.22. The van der Waals surface area contributed by atoms with E-state index < -0.39 is 0 Å². The Kier molecular flexibility index (Phi) is 5.23. The molecular weight excluding hydrogens is 264 g/mol. The van der Waals surface area contributed by atoms with Gasteiger partial charge in [-0.2, -0.15) is 0 Å². The van der Waals surface area contributed by atoms with Gasteiger partial charge >= 0.3 is 6.03 Å². The van der Waals surface area contributed by atoms with Crippen LogP contribution in [0.25, 0.3) is 0 Å². The molecule has 21 heavy (non-hydrogen) atoms. The Morgan fingerprint density at radius 2 is 1.90 bits per heavy atom. The molecule has 116 valence electrons. The number of carbonyl (C=O) groups excluding carboxylic acids is 1. The third kappa shape index (κ3) is 4.46. The van der Waals surface area contributed by atoms with Gasteiger partial charge in [-0.1, -0.05) is 24.1 Å². The second-order valence-electron chi connectivity index (χ2n) is 6.30. The maximum Gasteiger partial charge on any atom is 0.319 e. The van der Waals surface area contributed by atoms with Crippen molar-refractivity contribution in [2.45, 2.75) is 52.6 Å². The van der Waals surface area contributed by atoms with E-state index in [9.17, 15) is 9.90 Å². The minimum Gasteiger partial charge on any atom is -0.393 e. The summed E-state index contributed by atoms with van der Waals surface area (Å²) in [5, 5.41) is 15.5. The van der Waals surface area contributed by atoms with E-state index in [1.54, 1.807) is 0 Å². The average Bonchev–Trinajstić information content (AvgIpc) is 2.40. The van der Waals surface area contributed by atoms with Crippen LogP contribution in [0.2, 0.25) is 0 Å². The molecule has 2 amide bonds. The smallest absolute Gasteiger partial charge is 0.319 e. The number of benzene rings is 1. The molecule has 0 heterocycles. The molecule has 4 nitrogen and oxygen atoms in total. The van der Waals surface area contributed by atoms with Crippen LogP contribution in [0.1, 0.15) is 42.4 Å². The number of rotatable bonds is 3. The van der Waals surface area contributed by atoms with Crippen molar-refractivity contribution in [1.29, 1.82) is 0 Å². The summed E-state index contributed by atoms with van der Waals surface area (Å²) in [4.78, 5) is 12.0. The monoisotopic (exact) mass is 290 g/mol. The largest absolute Gasteiger partial charge is 0.393 e. The lowest BCUT2D eigenvalue weighted by atomic mass is 9.87. The molecule has 0 spiro atoms. The molecule has 4 heteroatoms. The maximum absolute atomic E-state index is 12.0. The fourth-order valence-electron chi connectivity index (χ4n) is 3.22. The third-order valence-electron chi connectivity index (χ3n) is 4.22. The Morgan fingerprint density at radius 1 is 1.24 bits per heavy atom. The lowest BCUT2D eigenvalue weighted by molar-refractivity contribution is 0.101. The van der Waals surface area contributed by atoms with Gasteiger partial charge < -0.3 is 15.7 Å². The minimum atomic E-state index is -0.199. The molecule has 0 saturated heterocycles. The topological polar surface area (TPSA) is 61.4 Å². The summed E-state index contributed by atoms with van der Waals surface area (Å²) in [7, 11) is 0. The second kappa shape index (κ2) is 6.94. The number of aryl methyl sites for hydroxylation is 3. The van der Waals surface area contributed by atoms with Gasteiger partial charge in [-0.05, 0) is 57.1 Å². The molecule has 1 aliphatic carbocycles. The number of amides is 2. The SMILES string of the molecule is Cc1cc(C)c(NC(=O)NCC2CCCC(O)C2)c(C)c1. The first kappa shape index (κ1) is 15.8. The van der Waals surface area contributed by atoms with Crippen LogP contribution in [-0.2, 0) is 0 Å². The van der Waals surface area contributed by atoms with Gasteiger partial charge in [0.1, 0.15) is 0 Å². The number of hydrogen-bond donors (Lipinski definition) is 3. The summed E-state index contributed by atoms with van der Waals surface area (Å²) < 4.78 is 0. The zero-order valence-electron chi connectivity index (χ0n) is 13.2. The Hall–Kier alpha value is -1.55. The lowest BCUT2D eigenvalue weighted by Crippen LogP contribution is -2.35. The predicted molar refractivity (Wildman–Crippen MR) is 85.6 cm³/mol. The van der Waals surface area contributed by atoms with E-state index in [-0.39, 0.29) is 12.1 Å². The van der Waals surface area contributed by atoms with Crippen molar-refractivity contribution < 1.29 is 9.90 Å². The molecule has 1 saturated carbocycles. The van der Waals surface area contributed by atoms with E-state index in [4.69, 9.17) is 0 Å². The molecular formula is C17H26N2O2. The molecule has 2 rings (SSSR count). The van der Waals surface area contributed by atoms with Crippen molar-refractivity contribution in [3.8, 4) is 0 Å². The van der Waals surface area contributed by atoms with Crippen LogP contribution in [0.15, 0.2) is 12.1 Å². The first-order chi connectivity index (χ1) is 9.95. The van der Waals surface area contributed by atoms with Crippen LogP contribution in [0.4, 0.5) is 10.5 Å². The van der Waals surface area contributed by atoms with Gasteiger partial charge in [0.2, 0.25) is 0 Å². The van der Waals surface area contributed by atoms with Gasteiger partial charge in [-0.3, -0.25) is 0 Å². The van der Waals surface area contributed by atoms with Crippen molar-refractivity contribution in [3.63, 3.8) is 0 Å². The van der Waals surface area contributed by atoms with Gasteiger partial charge in [0.05, 0.1) is 6.10 Å². The van der Waals surface area contributed by atoms with Gasteiger partial charge in [0, 0.05) is 12.2 Å². The van der Waals surface area contributed by atoms with Crippen LogP contribution >= 0.6 is 0 Å². The van der Waals surface area contributed by atoms with E-state index in [1.165, 1.54) is 5.56 Å². The standard InChI is InChI=1S/C17H26N2O2/c1-11-7-12(2)16(13(3)8-11)19-17(21)18-10-14-5-4-6-15(20)9-14/h7-8,14-15,20H,4-6,9-10H2,1-3H3,(H2,18,19,21). The van der Waals surface area contributed by atoms with Crippen LogP contribution in [0.3, 0.4) is 0 Å². The number of anilines is 1. The summed E-state index contributed by atoms with van der Waals surface area (Å²) in [6.45, 7) is 6.70. The molecule has 1 aliphatic rings. The Morgan fingerprint density at radius 3 is 2.52 bits per heavy atom. The zero-order chi connectivity index (χ0) is 15.4. The highest BCUT2D eigenvalue weighted by molar-refractivity contribution is 5.91. The second-order valence-corrected chi connectivity index (χ2v) is 6.30. The van der Waals surface area contributed by atoms with E-state index in [0.717, 1.165) is 42.5 Å². The van der Waals surface area contributed by atoms with E-state index >= 15 is 0 Å². The molecule has 2 atom stereocenters. The van der Waals surface area contributed by atoms with Crippen molar-refractivity contribution in [1.82, 2.24) is 5.32 Å². The highest BCUT2D eigenvalue weighted by Crippen LogP contribution is 2.24. The summed E-state index contributed by atoms with van der Waals surface area (Å²) in [5.74, 6) is 0.389. The highest BCUT2D eigenvalue weighted by atomic mass is 16.3. The predicted octanol–water partition coefficient (Wildman–Crippen LogP) is 3.28. The van der Waals surface area contributed by atoms with Crippen LogP contribution < -0.4 is 10.6 Å². The number of hydrogen-bond acceptors (Lipinski definition) is 2. The van der Waals surface area contributed by atoms with Crippen LogP contribution in [-0.4, -0.2) is 23.8 Å². The normalized spacial score (nSPS) is 21.9. The van der Waals surface area contributed by atoms with Crippen LogP contribution in [0, 0.1) is 26.7 Å². The summed E-state index contributed by atoms with van der Waals surface area (Å²) in [6, 6.07) is 3.98. The fraction of sp³-hybridized carbons (Fsp3) is 0.588. The van der Waals surface area contributed by atoms with E-state index in [1.807, 2.05) is 13.8 Å². The molecule has 1 aromatic rings. The number of carbonyl (C=O) groups is 1. The van der Waals surface area contributed by atoms with Gasteiger partial charge in [-0.25, -0.2) is 4.79 Å². The van der Waals surface area contributed by atoms with E-state index in [0.29, 0.717) is 12.5 Å². The van der Waals surface area contributed by atoms with Gasteiger partial charge in [0.25, 0.3) is 0 Å². The average molecular weight is 290 g/mol. The highest BCUT2D eigenvalue weighted by Gasteiger charge is 2.20. The number of urea groups is 1. The quantitative estimate of drug-likeness (QED) is 0.800. The summed E-state index contributed by atoms with van der Waals surface area (Å²) in [6.07, 6.45) is 3.62. The Bertz CT molecular complexity index is 491. The number of aliphatic hydroxyl groups excluding tert-OH is 1. The number of nitrogens with one attached hydrogen (secondary N) is 2. The van der Waals surface area contributed by atoms with Crippen molar-refractivity contribution >= 4 is 11.7 Å². The maximum atomic E-state index is 12.0. The van der Waals surface area contributed by atoms with Gasteiger partial charge in [0.15, 0.2) is 0 Å². The molecule has 1 fully saturated rings. The van der Waals surface area contributed by atoms with E-state index in [2.05, 4.69) is 29.7 Å². The minimum absolute atomic E-state index is 0.162. The first-order valence-electron chi connectivity index (χ1n) is 7.76. The zero-order valence-corrected chi connectivity index (χ0v) is 13.2. The molecule has 2 unspecified atom stereocenters. The first-order valence-corrected chi connectivity index (χ1v) is 7.76. The summed E-state index contributed by atoms with van der Waals surface area (Å²) >= 11 is 0. The summed E-state index contributed by atoms with van der Waals surface area (Å²) in [5.41, 5.74) is 4.25. The van der Waals surface area contributed by atoms with Crippen molar-refractivity contribution in [3.05, 3.63) is 28.8 Å². The fourth-order valence-corrected chi connectivity index (χ4v) is 3.22. The lowest BCUT2D eigenvalue weighted by Gasteiger charge is -2.26. The molecule has 0 radical (unpaired) electrons. The molecule has 0 aromatic heterocycles. The molecule has 1 aromatic carbocycles. The molecule has 0 bridgehead atoms. The Balaban J connectivity index is 1.87. The van der Waals surface area contributed by atoms with Crippen molar-refractivity contribution in [2.75, 3.05) is 11.9 Å². The molecule has 3 N–H and O–H groups in total. The van der Waals surface area contributed by atoms with Crippen LogP contribution in [0.5, 0.6) is 0 Å². The van der Waals surface area contributed by atoms with Crippen molar-refractivity contribution in [2.24, 2.45) is 5.92 Å². The molecule has 0 aliphatic heterocycles.